The molecule has 0 bridgehead atoms. The van der Waals surface area contributed by atoms with E-state index >= 15 is 0 Å². The van der Waals surface area contributed by atoms with Gasteiger partial charge in [0.25, 0.3) is 0 Å². The fraction of sp³-hybridized carbons (Fsp3) is 0.705. The molecule has 7 rings (SSSR count). The van der Waals surface area contributed by atoms with E-state index in [4.69, 9.17) is 0 Å². The highest BCUT2D eigenvalue weighted by Gasteiger charge is 2.33. The first kappa shape index (κ1) is 52.4. The molecule has 0 aromatic heterocycles. The van der Waals surface area contributed by atoms with Crippen LogP contribution in [-0.2, 0) is 0 Å². The maximum atomic E-state index is 14.1. The highest BCUT2D eigenvalue weighted by atomic mass is 19.1. The lowest BCUT2D eigenvalue weighted by Gasteiger charge is -2.38. The molecule has 3 aromatic rings. The van der Waals surface area contributed by atoms with E-state index in [1.54, 1.807) is 30.3 Å². The first-order valence-electron chi connectivity index (χ1n) is 27.6. The highest BCUT2D eigenvalue weighted by Crippen LogP contribution is 2.46. The van der Waals surface area contributed by atoms with Crippen molar-refractivity contribution in [2.45, 2.75) is 238 Å². The Morgan fingerprint density at radius 3 is 0.938 bits per heavy atom. The molecule has 0 unspecified atom stereocenters. The first-order valence-corrected chi connectivity index (χ1v) is 27.6. The van der Waals surface area contributed by atoms with Crippen LogP contribution in [0.15, 0.2) is 78.9 Å². The number of benzene rings is 3. The Bertz CT molecular complexity index is 1570. The quantitative estimate of drug-likeness (QED) is 0.0935. The summed E-state index contributed by atoms with van der Waals surface area (Å²) in [6.45, 7) is 4.59. The van der Waals surface area contributed by atoms with Gasteiger partial charge in [-0.05, 0) is 160 Å². The van der Waals surface area contributed by atoms with E-state index in [-0.39, 0.29) is 17.5 Å². The van der Waals surface area contributed by atoms with Crippen LogP contribution in [0.25, 0.3) is 0 Å². The van der Waals surface area contributed by atoms with Gasteiger partial charge >= 0.3 is 0 Å². The Hall–Kier alpha value is -2.55. The predicted octanol–water partition coefficient (Wildman–Crippen LogP) is 20.3. The number of halogens is 3. The van der Waals surface area contributed by atoms with Crippen molar-refractivity contribution < 1.29 is 13.2 Å². The molecule has 0 amide bonds. The summed E-state index contributed by atoms with van der Waals surface area (Å²) >= 11 is 0. The summed E-state index contributed by atoms with van der Waals surface area (Å²) in [5, 5.41) is 0. The van der Waals surface area contributed by atoms with Gasteiger partial charge in [-0.25, -0.2) is 13.2 Å². The van der Waals surface area contributed by atoms with E-state index in [1.807, 2.05) is 36.4 Å². The van der Waals surface area contributed by atoms with Gasteiger partial charge in [-0.3, -0.25) is 0 Å². The summed E-state index contributed by atoms with van der Waals surface area (Å²) in [6, 6.07) is 22.9. The number of unbranched alkanes of at least 4 members (excludes halogenated alkanes) is 13. The average molecular weight is 883 g/mol. The molecule has 4 aliphatic rings. The molecular weight excluding hydrogens is 790 g/mol. The van der Waals surface area contributed by atoms with Crippen LogP contribution >= 0.6 is 0 Å². The minimum absolute atomic E-state index is 0.0109. The second-order valence-electron chi connectivity index (χ2n) is 21.3. The van der Waals surface area contributed by atoms with E-state index in [1.165, 1.54) is 224 Å². The number of hydrogen-bond acceptors (Lipinski definition) is 0. The van der Waals surface area contributed by atoms with Crippen molar-refractivity contribution in [2.75, 3.05) is 0 Å². The zero-order valence-corrected chi connectivity index (χ0v) is 41.1. The van der Waals surface area contributed by atoms with Crippen LogP contribution in [0.1, 0.15) is 249 Å². The van der Waals surface area contributed by atoms with Gasteiger partial charge in [-0.2, -0.15) is 0 Å². The number of rotatable bonds is 21. The minimum Gasteiger partial charge on any atom is -0.207 e. The Morgan fingerprint density at radius 2 is 0.625 bits per heavy atom. The fourth-order valence-electron chi connectivity index (χ4n) is 12.7. The molecule has 0 nitrogen and oxygen atoms in total. The first-order chi connectivity index (χ1) is 31.4. The normalized spacial score (nSPS) is 26.0. The molecule has 4 fully saturated rings. The molecule has 64 heavy (non-hydrogen) atoms. The van der Waals surface area contributed by atoms with E-state index < -0.39 is 0 Å². The van der Waals surface area contributed by atoms with E-state index in [9.17, 15) is 13.2 Å². The van der Waals surface area contributed by atoms with Crippen LogP contribution in [0, 0.1) is 53.0 Å². The topological polar surface area (TPSA) is 0 Å². The van der Waals surface area contributed by atoms with E-state index in [0.29, 0.717) is 11.8 Å². The van der Waals surface area contributed by atoms with E-state index in [2.05, 4.69) is 13.8 Å². The molecule has 3 heteroatoms. The molecule has 4 saturated carbocycles. The van der Waals surface area contributed by atoms with Gasteiger partial charge in [-0.1, -0.05) is 203 Å². The third-order valence-electron chi connectivity index (χ3n) is 16.8. The van der Waals surface area contributed by atoms with Crippen LogP contribution in [-0.4, -0.2) is 0 Å². The summed E-state index contributed by atoms with van der Waals surface area (Å²) in [4.78, 5) is 0. The molecule has 0 N–H and O–H groups in total. The molecule has 0 atom stereocenters. The van der Waals surface area contributed by atoms with Gasteiger partial charge < -0.3 is 0 Å². The van der Waals surface area contributed by atoms with Crippen molar-refractivity contribution in [2.24, 2.45) is 35.5 Å². The molecule has 4 aliphatic carbocycles. The highest BCUT2D eigenvalue weighted by molar-refractivity contribution is 5.23. The molecule has 0 radical (unpaired) electrons. The van der Waals surface area contributed by atoms with Crippen LogP contribution in [0.2, 0.25) is 0 Å². The van der Waals surface area contributed by atoms with Crippen molar-refractivity contribution in [1.82, 2.24) is 0 Å². The zero-order valence-electron chi connectivity index (χ0n) is 41.1. The zero-order chi connectivity index (χ0) is 45.0. The lowest BCUT2D eigenvalue weighted by molar-refractivity contribution is 0.155. The number of hydrogen-bond donors (Lipinski definition) is 0. The molecule has 0 aliphatic heterocycles. The third kappa shape index (κ3) is 19.4. The maximum absolute atomic E-state index is 14.1. The monoisotopic (exact) mass is 883 g/mol. The van der Waals surface area contributed by atoms with Crippen molar-refractivity contribution in [3.63, 3.8) is 0 Å². The SMILES string of the molecule is CCCCCCCCCC1CCC(C2CCC(c3ccccc3F)CC2)CC1.CCCCCCCCCCC1CCC(C2CCC(c3ccccc3F)CC2)CC1.Fc1ccccc1. The average Bonchev–Trinajstić information content (AvgIpc) is 3.34. The summed E-state index contributed by atoms with van der Waals surface area (Å²) in [7, 11) is 0. The van der Waals surface area contributed by atoms with Gasteiger partial charge in [0.2, 0.25) is 0 Å². The smallest absolute Gasteiger partial charge is 0.126 e. The summed E-state index contributed by atoms with van der Waals surface area (Å²) < 4.78 is 40.1. The molecule has 0 spiro atoms. The minimum atomic E-state index is -0.178. The van der Waals surface area contributed by atoms with Gasteiger partial charge in [0.1, 0.15) is 17.5 Å². The maximum Gasteiger partial charge on any atom is 0.126 e. The second-order valence-corrected chi connectivity index (χ2v) is 21.3. The van der Waals surface area contributed by atoms with Gasteiger partial charge in [0, 0.05) is 0 Å². The van der Waals surface area contributed by atoms with Crippen molar-refractivity contribution in [1.29, 1.82) is 0 Å². The van der Waals surface area contributed by atoms with Crippen molar-refractivity contribution >= 4 is 0 Å². The summed E-state index contributed by atoms with van der Waals surface area (Å²) in [5.41, 5.74) is 1.94. The largest absolute Gasteiger partial charge is 0.207 e. The third-order valence-corrected chi connectivity index (χ3v) is 16.8. The second kappa shape index (κ2) is 31.4. The van der Waals surface area contributed by atoms with Gasteiger partial charge in [0.15, 0.2) is 0 Å². The van der Waals surface area contributed by atoms with Gasteiger partial charge in [0.05, 0.1) is 0 Å². The van der Waals surface area contributed by atoms with Gasteiger partial charge in [-0.15, -0.1) is 0 Å². The lowest BCUT2D eigenvalue weighted by atomic mass is 9.68. The van der Waals surface area contributed by atoms with Crippen LogP contribution < -0.4 is 0 Å². The fourth-order valence-corrected chi connectivity index (χ4v) is 12.7. The predicted molar refractivity (Wildman–Crippen MR) is 269 cm³/mol. The van der Waals surface area contributed by atoms with Crippen LogP contribution in [0.5, 0.6) is 0 Å². The molecule has 3 aromatic carbocycles. The summed E-state index contributed by atoms with van der Waals surface area (Å²) in [5.74, 6) is 6.57. The van der Waals surface area contributed by atoms with E-state index in [0.717, 1.165) is 46.6 Å². The molecule has 0 heterocycles. The molecular formula is C61H93F3. The Balaban J connectivity index is 0.000000209. The van der Waals surface area contributed by atoms with Crippen LogP contribution in [0.4, 0.5) is 13.2 Å². The molecule has 358 valence electrons. The lowest BCUT2D eigenvalue weighted by Crippen LogP contribution is -2.25. The van der Waals surface area contributed by atoms with Crippen molar-refractivity contribution in [3.8, 4) is 0 Å². The summed E-state index contributed by atoms with van der Waals surface area (Å²) in [6.07, 6.45) is 46.5. The molecule has 0 saturated heterocycles. The Morgan fingerprint density at radius 1 is 0.328 bits per heavy atom. The van der Waals surface area contributed by atoms with Crippen LogP contribution in [0.3, 0.4) is 0 Å². The Kier molecular flexibility index (Phi) is 25.7. The Labute approximate surface area is 392 Å². The standard InChI is InChI=1S/C28H45F.C27H43F.C6H5F/c1-2-3-4-5-6-7-8-9-12-23-15-17-24(18-16-23)25-19-21-26(22-20-25)27-13-10-11-14-28(27)29;1-2-3-4-5-6-7-8-11-22-14-16-23(17-15-22)24-18-20-25(21-19-24)26-12-9-10-13-27(26)28;7-6-4-2-1-3-5-6/h10-11,13-14,23-26H,2-9,12,15-22H2,1H3;9-10,12-13,22-25H,2-8,11,14-21H2,1H3;1-5H. The van der Waals surface area contributed by atoms with Crippen molar-refractivity contribution in [3.05, 3.63) is 107 Å².